The van der Waals surface area contributed by atoms with Crippen LogP contribution in [0.15, 0.2) is 0 Å². The minimum Gasteiger partial charge on any atom is -0.295 e. The van der Waals surface area contributed by atoms with Crippen LogP contribution in [-0.2, 0) is 0 Å². The van der Waals surface area contributed by atoms with Crippen molar-refractivity contribution in [2.24, 2.45) is 146 Å². The van der Waals surface area contributed by atoms with Crippen molar-refractivity contribution in [2.75, 3.05) is 0 Å². The second-order valence-electron chi connectivity index (χ2n) is 47.6. The van der Waals surface area contributed by atoms with Gasteiger partial charge in [-0.05, 0) is 306 Å². The molecule has 22 fully saturated rings. The molecule has 574 valence electrons. The zero-order valence-electron chi connectivity index (χ0n) is 68.0. The molecule has 0 radical (unpaired) electrons. The fourth-order valence-corrected chi connectivity index (χ4v) is 39.3. The summed E-state index contributed by atoms with van der Waals surface area (Å²) in [6.45, 7) is 17.3. The Morgan fingerprint density at radius 3 is 1.17 bits per heavy atom. The summed E-state index contributed by atoms with van der Waals surface area (Å²) in [4.78, 5) is 15.2. The number of nitrogens with zero attached hydrogens (tertiary/aromatic N) is 4. The van der Waals surface area contributed by atoms with E-state index in [0.717, 1.165) is 232 Å². The van der Waals surface area contributed by atoms with Gasteiger partial charge in [-0.3, -0.25) is 19.6 Å². The van der Waals surface area contributed by atoms with E-state index >= 15 is 0 Å². The summed E-state index contributed by atoms with van der Waals surface area (Å²) in [6.07, 6.45) is 82.5. The predicted octanol–water partition coefficient (Wildman–Crippen LogP) is 24.4. The molecular formula is C98H159BN4. The molecular weight excluding hydrogens is 1240 g/mol. The predicted molar refractivity (Wildman–Crippen MR) is 428 cm³/mol. The molecule has 18 aliphatic carbocycles. The highest BCUT2D eigenvalue weighted by molar-refractivity contribution is 6.65. The van der Waals surface area contributed by atoms with Crippen LogP contribution in [-0.4, -0.2) is 98.8 Å². The Labute approximate surface area is 634 Å². The first-order valence-corrected chi connectivity index (χ1v) is 49.4. The van der Waals surface area contributed by atoms with Crippen molar-refractivity contribution >= 4 is 6.71 Å². The molecule has 0 N–H and O–H groups in total. The molecule has 4 aliphatic heterocycles. The van der Waals surface area contributed by atoms with Gasteiger partial charge in [-0.2, -0.15) is 0 Å². The van der Waals surface area contributed by atoms with Gasteiger partial charge in [0, 0.05) is 77.9 Å². The fraction of sp³-hybridized carbons (Fsp3) is 1.00. The smallest absolute Gasteiger partial charge is 0.156 e. The van der Waals surface area contributed by atoms with E-state index in [4.69, 9.17) is 0 Å². The van der Waals surface area contributed by atoms with Gasteiger partial charge >= 0.3 is 0 Å². The molecule has 4 heterocycles. The van der Waals surface area contributed by atoms with Gasteiger partial charge in [0.15, 0.2) is 6.71 Å². The molecule has 31 atom stereocenters. The summed E-state index contributed by atoms with van der Waals surface area (Å²) < 4.78 is 0. The molecule has 0 aromatic rings. The van der Waals surface area contributed by atoms with Crippen LogP contribution in [0.3, 0.4) is 0 Å². The number of fused-ring (bicyclic) bond motifs is 7. The third-order valence-electron chi connectivity index (χ3n) is 42.8. The van der Waals surface area contributed by atoms with E-state index < -0.39 is 0 Å². The van der Waals surface area contributed by atoms with Crippen molar-refractivity contribution < 1.29 is 0 Å². The van der Waals surface area contributed by atoms with Crippen molar-refractivity contribution in [2.45, 2.75) is 465 Å². The van der Waals surface area contributed by atoms with E-state index in [1.165, 1.54) is 38.5 Å². The largest absolute Gasteiger partial charge is 0.295 e. The van der Waals surface area contributed by atoms with Crippen LogP contribution >= 0.6 is 0 Å². The van der Waals surface area contributed by atoms with Crippen LogP contribution in [0.1, 0.15) is 375 Å². The lowest BCUT2D eigenvalue weighted by Crippen LogP contribution is -2.94. The third-order valence-corrected chi connectivity index (χ3v) is 42.8. The molecule has 0 bridgehead atoms. The Bertz CT molecular complexity index is 2880. The number of rotatable bonds is 9. The van der Waals surface area contributed by atoms with Gasteiger partial charge in [-0.1, -0.05) is 228 Å². The fourth-order valence-electron chi connectivity index (χ4n) is 39.3. The lowest BCUT2D eigenvalue weighted by atomic mass is 9.18. The highest BCUT2D eigenvalue weighted by atomic mass is 15.4. The maximum atomic E-state index is 4.04. The molecule has 5 heteroatoms. The number of hydrogen-bond donors (Lipinski definition) is 0. The first-order valence-electron chi connectivity index (χ1n) is 49.4. The number of piperidine rings is 2. The summed E-state index contributed by atoms with van der Waals surface area (Å²) in [5.41, 5.74) is 1.69. The molecule has 103 heavy (non-hydrogen) atoms. The van der Waals surface area contributed by atoms with Gasteiger partial charge in [0.05, 0.1) is 0 Å². The van der Waals surface area contributed by atoms with E-state index in [-0.39, 0.29) is 0 Å². The van der Waals surface area contributed by atoms with Gasteiger partial charge in [0.1, 0.15) is 0 Å². The lowest BCUT2D eigenvalue weighted by molar-refractivity contribution is -0.408. The maximum absolute atomic E-state index is 4.04. The van der Waals surface area contributed by atoms with E-state index in [1.54, 1.807) is 295 Å². The van der Waals surface area contributed by atoms with E-state index in [2.05, 4.69) is 61.1 Å². The zero-order chi connectivity index (χ0) is 68.5. The normalized spacial score (nSPS) is 54.2. The average Bonchev–Trinajstić information content (AvgIpc) is 1.27. The molecule has 31 unspecified atom stereocenters. The molecule has 18 saturated carbocycles. The van der Waals surface area contributed by atoms with Gasteiger partial charge in [0.2, 0.25) is 0 Å². The Hall–Kier alpha value is -0.0951. The first-order chi connectivity index (χ1) is 50.3. The standard InChI is InChI=1S/C98H159BN4/c1-96(2,3)67-47-64-41-42-65-48-68(97(4,5)6)53-80-79(50-66(49-67)91(64)92(65)80)63-43-45-81-85(51-63)102(94-73(59-25-11-7-12-26-59)35-23-36-74(94)60-27-13-8-14-28-60)87-57-72(101-89-54-69-52-70-55-90(101)98(69,70)89)58-88-93(87)99(81)82-46-44-71(100-83-39-21-19-33-77(83)78-34-20-22-40-84(78)100)56-86(82)103(88)95-75(61-29-15-9-16-30-61)37-24-38-76(95)62-31-17-10-18-32-62/h59-95H,7-58H2,1-6H3. The first kappa shape index (κ1) is 69.6. The third kappa shape index (κ3) is 10.9. The van der Waals surface area contributed by atoms with Crippen molar-refractivity contribution in [1.82, 2.24) is 19.6 Å². The van der Waals surface area contributed by atoms with Gasteiger partial charge in [-0.25, -0.2) is 0 Å². The summed E-state index contributed by atoms with van der Waals surface area (Å²) in [7, 11) is 0. The van der Waals surface area contributed by atoms with Crippen molar-refractivity contribution in [3.63, 3.8) is 0 Å². The Balaban J connectivity index is 0.722. The minimum absolute atomic E-state index is 0.437. The van der Waals surface area contributed by atoms with Gasteiger partial charge in [-0.15, -0.1) is 0 Å². The monoisotopic (exact) mass is 1400 g/mol. The second-order valence-corrected chi connectivity index (χ2v) is 47.6. The summed E-state index contributed by atoms with van der Waals surface area (Å²) in [6, 6.07) is 10.6. The number of hydrogen-bond acceptors (Lipinski definition) is 4. The van der Waals surface area contributed by atoms with Crippen molar-refractivity contribution in [1.29, 1.82) is 0 Å². The quantitative estimate of drug-likeness (QED) is 0.213. The second kappa shape index (κ2) is 27.0. The molecule has 22 rings (SSSR count). The van der Waals surface area contributed by atoms with E-state index in [0.29, 0.717) is 10.8 Å². The maximum Gasteiger partial charge on any atom is 0.156 e. The molecule has 0 aromatic carbocycles. The molecule has 1 spiro atoms. The topological polar surface area (TPSA) is 13.0 Å². The zero-order valence-corrected chi connectivity index (χ0v) is 68.0. The lowest BCUT2D eigenvalue weighted by Gasteiger charge is -2.90. The van der Waals surface area contributed by atoms with Gasteiger partial charge in [0.25, 0.3) is 0 Å². The van der Waals surface area contributed by atoms with Crippen LogP contribution in [0.2, 0.25) is 17.5 Å². The van der Waals surface area contributed by atoms with Gasteiger partial charge < -0.3 is 0 Å². The van der Waals surface area contributed by atoms with Crippen LogP contribution in [0.4, 0.5) is 0 Å². The van der Waals surface area contributed by atoms with Crippen LogP contribution in [0.25, 0.3) is 0 Å². The molecule has 4 nitrogen and oxygen atoms in total. The molecule has 0 amide bonds. The van der Waals surface area contributed by atoms with Crippen molar-refractivity contribution in [3.8, 4) is 0 Å². The van der Waals surface area contributed by atoms with Crippen molar-refractivity contribution in [3.05, 3.63) is 0 Å². The summed E-state index contributed by atoms with van der Waals surface area (Å²) >= 11 is 0. The van der Waals surface area contributed by atoms with Crippen LogP contribution in [0, 0.1) is 146 Å². The van der Waals surface area contributed by atoms with Crippen LogP contribution < -0.4 is 0 Å². The Morgan fingerprint density at radius 2 is 0.670 bits per heavy atom. The number of likely N-dealkylation sites (tertiary alicyclic amines) is 2. The summed E-state index contributed by atoms with van der Waals surface area (Å²) in [5.74, 6) is 25.1. The molecule has 0 aromatic heterocycles. The highest BCUT2D eigenvalue weighted by Gasteiger charge is 2.85. The summed E-state index contributed by atoms with van der Waals surface area (Å²) in [5, 5.41) is 0. The average molecular weight is 1400 g/mol. The molecule has 4 saturated heterocycles. The van der Waals surface area contributed by atoms with Crippen LogP contribution in [0.5, 0.6) is 0 Å². The Kier molecular flexibility index (Phi) is 18.3. The Morgan fingerprint density at radius 1 is 0.252 bits per heavy atom. The molecule has 22 aliphatic rings. The highest BCUT2D eigenvalue weighted by Crippen LogP contribution is 2.84. The minimum atomic E-state index is 0.437. The van der Waals surface area contributed by atoms with E-state index in [1.807, 2.05) is 0 Å². The van der Waals surface area contributed by atoms with E-state index in [9.17, 15) is 0 Å². The SMILES string of the molecule is CC(C)(C)C1CC2CCC3CC(C(C)(C)C)CC4C(C5CCC6B7C8CCC(N9C%10CCCCC%10C%10CCCCC%109)CC8N(C8C(C9CCCCC9)CCCC8C8CCCCC8)C8CC(N9C%10CC%11CC%12CC9C%11%12%10)CC(C78)N(C7C(C8CCCCC8)CCCC7C7CCCCC7)C6C5)CC(C1)C2C34.